The SMILES string of the molecule is CCC(=O)n1ccc(C(F)(F)F)n1. The molecule has 0 bridgehead atoms. The van der Waals surface area contributed by atoms with Gasteiger partial charge in [0.15, 0.2) is 5.69 Å². The van der Waals surface area contributed by atoms with E-state index in [-0.39, 0.29) is 6.42 Å². The van der Waals surface area contributed by atoms with Crippen molar-refractivity contribution in [2.45, 2.75) is 19.5 Å². The van der Waals surface area contributed by atoms with Crippen LogP contribution in [0.15, 0.2) is 12.3 Å². The van der Waals surface area contributed by atoms with Crippen LogP contribution in [0.5, 0.6) is 0 Å². The Morgan fingerprint density at radius 3 is 2.62 bits per heavy atom. The fraction of sp³-hybridized carbons (Fsp3) is 0.429. The fourth-order valence-electron chi connectivity index (χ4n) is 0.776. The maximum atomic E-state index is 12.0. The van der Waals surface area contributed by atoms with E-state index in [9.17, 15) is 18.0 Å². The van der Waals surface area contributed by atoms with E-state index >= 15 is 0 Å². The molecule has 0 aliphatic heterocycles. The number of alkyl halides is 3. The summed E-state index contributed by atoms with van der Waals surface area (Å²) < 4.78 is 36.6. The zero-order valence-electron chi connectivity index (χ0n) is 6.80. The lowest BCUT2D eigenvalue weighted by Crippen LogP contribution is -2.12. The lowest BCUT2D eigenvalue weighted by Gasteiger charge is -2.00. The molecule has 6 heteroatoms. The van der Waals surface area contributed by atoms with Crippen molar-refractivity contribution in [1.82, 2.24) is 9.78 Å². The van der Waals surface area contributed by atoms with Gasteiger partial charge in [-0.15, -0.1) is 0 Å². The van der Waals surface area contributed by atoms with E-state index in [2.05, 4.69) is 5.10 Å². The van der Waals surface area contributed by atoms with Gasteiger partial charge in [-0.2, -0.15) is 18.3 Å². The topological polar surface area (TPSA) is 34.9 Å². The predicted molar refractivity (Wildman–Crippen MR) is 38.1 cm³/mol. The minimum absolute atomic E-state index is 0.124. The summed E-state index contributed by atoms with van der Waals surface area (Å²) in [7, 11) is 0. The van der Waals surface area contributed by atoms with E-state index in [0.717, 1.165) is 12.3 Å². The van der Waals surface area contributed by atoms with Gasteiger partial charge in [-0.1, -0.05) is 6.92 Å². The predicted octanol–water partition coefficient (Wildman–Crippen LogP) is 1.95. The van der Waals surface area contributed by atoms with Crippen molar-refractivity contribution in [2.75, 3.05) is 0 Å². The Labute approximate surface area is 72.2 Å². The zero-order chi connectivity index (χ0) is 10.1. The third-order valence-corrected chi connectivity index (χ3v) is 1.44. The van der Waals surface area contributed by atoms with Crippen LogP contribution in [-0.2, 0) is 6.18 Å². The second-order valence-corrected chi connectivity index (χ2v) is 2.39. The summed E-state index contributed by atoms with van der Waals surface area (Å²) in [5.74, 6) is -0.462. The van der Waals surface area contributed by atoms with E-state index in [0.29, 0.717) is 4.68 Å². The second kappa shape index (κ2) is 3.20. The van der Waals surface area contributed by atoms with Crippen LogP contribution in [0.2, 0.25) is 0 Å². The van der Waals surface area contributed by atoms with E-state index in [1.54, 1.807) is 6.92 Å². The molecule has 0 saturated heterocycles. The largest absolute Gasteiger partial charge is 0.435 e. The second-order valence-electron chi connectivity index (χ2n) is 2.39. The van der Waals surface area contributed by atoms with Crippen molar-refractivity contribution in [2.24, 2.45) is 0 Å². The Kier molecular flexibility index (Phi) is 2.40. The number of halogens is 3. The minimum Gasteiger partial charge on any atom is -0.273 e. The molecule has 72 valence electrons. The van der Waals surface area contributed by atoms with E-state index in [1.807, 2.05) is 0 Å². The fourth-order valence-corrected chi connectivity index (χ4v) is 0.776. The first kappa shape index (κ1) is 9.76. The summed E-state index contributed by atoms with van der Waals surface area (Å²) in [4.78, 5) is 10.9. The number of rotatable bonds is 1. The lowest BCUT2D eigenvalue weighted by atomic mass is 10.4. The molecule has 0 saturated carbocycles. The molecule has 1 aromatic heterocycles. The average Bonchev–Trinajstić information content (AvgIpc) is 2.50. The molecule has 3 nitrogen and oxygen atoms in total. The summed E-state index contributed by atoms with van der Waals surface area (Å²) in [6.07, 6.45) is -3.35. The molecular weight excluding hydrogens is 185 g/mol. The highest BCUT2D eigenvalue weighted by Gasteiger charge is 2.33. The monoisotopic (exact) mass is 192 g/mol. The van der Waals surface area contributed by atoms with Gasteiger partial charge in [-0.3, -0.25) is 4.79 Å². The van der Waals surface area contributed by atoms with Crippen molar-refractivity contribution in [3.8, 4) is 0 Å². The number of aromatic nitrogens is 2. The van der Waals surface area contributed by atoms with Gasteiger partial charge in [0.1, 0.15) is 0 Å². The first-order chi connectivity index (χ1) is 5.95. The molecule has 0 aliphatic carbocycles. The Balaban J connectivity index is 2.93. The van der Waals surface area contributed by atoms with Gasteiger partial charge in [-0.25, -0.2) is 4.68 Å². The Morgan fingerprint density at radius 1 is 1.62 bits per heavy atom. The first-order valence-corrected chi connectivity index (χ1v) is 3.61. The van der Waals surface area contributed by atoms with Crippen LogP contribution in [0.25, 0.3) is 0 Å². The molecule has 0 spiro atoms. The van der Waals surface area contributed by atoms with E-state index in [4.69, 9.17) is 0 Å². The number of hydrogen-bond acceptors (Lipinski definition) is 2. The first-order valence-electron chi connectivity index (χ1n) is 3.61. The van der Waals surface area contributed by atoms with Crippen LogP contribution >= 0.6 is 0 Å². The van der Waals surface area contributed by atoms with Crippen LogP contribution in [0.4, 0.5) is 13.2 Å². The molecule has 0 aromatic carbocycles. The molecule has 1 heterocycles. The quantitative estimate of drug-likeness (QED) is 0.681. The van der Waals surface area contributed by atoms with E-state index in [1.165, 1.54) is 0 Å². The maximum Gasteiger partial charge on any atom is 0.435 e. The Hall–Kier alpha value is -1.33. The van der Waals surface area contributed by atoms with Crippen molar-refractivity contribution in [1.29, 1.82) is 0 Å². The van der Waals surface area contributed by atoms with Crippen LogP contribution in [0.3, 0.4) is 0 Å². The van der Waals surface area contributed by atoms with Gasteiger partial charge in [-0.05, 0) is 6.07 Å². The van der Waals surface area contributed by atoms with Crippen molar-refractivity contribution < 1.29 is 18.0 Å². The highest BCUT2D eigenvalue weighted by atomic mass is 19.4. The van der Waals surface area contributed by atoms with Gasteiger partial charge in [0, 0.05) is 12.6 Å². The highest BCUT2D eigenvalue weighted by Crippen LogP contribution is 2.27. The summed E-state index contributed by atoms with van der Waals surface area (Å²) in [6.45, 7) is 1.55. The molecule has 0 atom stereocenters. The molecule has 0 fully saturated rings. The third-order valence-electron chi connectivity index (χ3n) is 1.44. The Morgan fingerprint density at radius 2 is 2.23 bits per heavy atom. The van der Waals surface area contributed by atoms with Crippen LogP contribution < -0.4 is 0 Å². The van der Waals surface area contributed by atoms with Gasteiger partial charge < -0.3 is 0 Å². The summed E-state index contributed by atoms with van der Waals surface area (Å²) in [5, 5.41) is 3.09. The molecule has 1 aromatic rings. The number of nitrogens with zero attached hydrogens (tertiary/aromatic N) is 2. The maximum absolute atomic E-state index is 12.0. The van der Waals surface area contributed by atoms with Crippen molar-refractivity contribution >= 4 is 5.91 Å². The van der Waals surface area contributed by atoms with Gasteiger partial charge in [0.2, 0.25) is 5.91 Å². The molecular formula is C7H7F3N2O. The van der Waals surface area contributed by atoms with Gasteiger partial charge in [0.25, 0.3) is 0 Å². The zero-order valence-corrected chi connectivity index (χ0v) is 6.80. The molecule has 13 heavy (non-hydrogen) atoms. The summed E-state index contributed by atoms with van der Waals surface area (Å²) in [5.41, 5.74) is -1.05. The molecule has 0 N–H and O–H groups in total. The lowest BCUT2D eigenvalue weighted by molar-refractivity contribution is -0.141. The number of carbonyl (C=O) groups excluding carboxylic acids is 1. The van der Waals surface area contributed by atoms with Crippen LogP contribution in [0.1, 0.15) is 23.8 Å². The molecule has 0 amide bonds. The average molecular weight is 192 g/mol. The van der Waals surface area contributed by atoms with Gasteiger partial charge in [0.05, 0.1) is 0 Å². The van der Waals surface area contributed by atoms with Gasteiger partial charge >= 0.3 is 6.18 Å². The van der Waals surface area contributed by atoms with E-state index < -0.39 is 17.8 Å². The minimum atomic E-state index is -4.49. The van der Waals surface area contributed by atoms with Crippen molar-refractivity contribution in [3.63, 3.8) is 0 Å². The Bertz CT molecular complexity index is 316. The normalized spacial score (nSPS) is 11.7. The standard InChI is InChI=1S/C7H7F3N2O/c1-2-6(13)12-4-3-5(11-12)7(8,9)10/h3-4H,2H2,1H3. The van der Waals surface area contributed by atoms with Crippen molar-refractivity contribution in [3.05, 3.63) is 18.0 Å². The molecule has 0 radical (unpaired) electrons. The highest BCUT2D eigenvalue weighted by molar-refractivity contribution is 5.77. The van der Waals surface area contributed by atoms with Crippen LogP contribution in [0, 0.1) is 0 Å². The number of carbonyl (C=O) groups is 1. The third kappa shape index (κ3) is 2.07. The van der Waals surface area contributed by atoms with Crippen LogP contribution in [-0.4, -0.2) is 15.7 Å². The summed E-state index contributed by atoms with van der Waals surface area (Å²) in [6, 6.07) is 0.771. The molecule has 1 rings (SSSR count). The molecule has 0 aliphatic rings. The summed E-state index contributed by atoms with van der Waals surface area (Å²) >= 11 is 0. The smallest absolute Gasteiger partial charge is 0.273 e. The molecule has 0 unspecified atom stereocenters. The number of hydrogen-bond donors (Lipinski definition) is 0.